The van der Waals surface area contributed by atoms with Crippen LogP contribution < -0.4 is 4.90 Å². The number of benzene rings is 2. The summed E-state index contributed by atoms with van der Waals surface area (Å²) in [6.07, 6.45) is 16.2. The van der Waals surface area contributed by atoms with E-state index in [9.17, 15) is 0 Å². The molecule has 2 aromatic rings. The Labute approximate surface area is 210 Å². The average molecular weight is 462 g/mol. The highest BCUT2D eigenvalue weighted by Crippen LogP contribution is 2.51. The van der Waals surface area contributed by atoms with E-state index >= 15 is 0 Å². The first kappa shape index (κ1) is 22.3. The minimum atomic E-state index is 0.0631. The first-order valence-electron chi connectivity index (χ1n) is 13.3. The van der Waals surface area contributed by atoms with Gasteiger partial charge < -0.3 is 4.90 Å². The van der Waals surface area contributed by atoms with E-state index in [0.717, 1.165) is 25.9 Å². The van der Waals surface area contributed by atoms with E-state index in [1.165, 1.54) is 57.9 Å². The van der Waals surface area contributed by atoms with Gasteiger partial charge in [0.05, 0.1) is 5.41 Å². The predicted octanol–water partition coefficient (Wildman–Crippen LogP) is 7.74. The van der Waals surface area contributed by atoms with Gasteiger partial charge >= 0.3 is 0 Å². The molecule has 0 aliphatic carbocycles. The van der Waals surface area contributed by atoms with Crippen LogP contribution in [0.1, 0.15) is 64.5 Å². The second-order valence-electron chi connectivity index (χ2n) is 11.5. The van der Waals surface area contributed by atoms with Crippen molar-refractivity contribution in [2.45, 2.75) is 64.2 Å². The summed E-state index contributed by atoms with van der Waals surface area (Å²) >= 11 is 0. The molecule has 0 spiro atoms. The summed E-state index contributed by atoms with van der Waals surface area (Å²) in [7, 11) is 0. The average Bonchev–Trinajstić information content (AvgIpc) is 3.25. The fourth-order valence-electron chi connectivity index (χ4n) is 7.08. The zero-order valence-electron chi connectivity index (χ0n) is 21.6. The quantitative estimate of drug-likeness (QED) is 0.335. The SMILES string of the molecule is CC1(C)C2=C(/C=C/C=C/C=C3\CCC[N+]4=C3C(C)(C)c3ccccc34)CCCN2c2ccccc21. The minimum Gasteiger partial charge on any atom is -0.344 e. The van der Waals surface area contributed by atoms with Gasteiger partial charge in [0.15, 0.2) is 5.71 Å². The van der Waals surface area contributed by atoms with Gasteiger partial charge in [-0.05, 0) is 50.3 Å². The molecular weight excluding hydrogens is 424 g/mol. The summed E-state index contributed by atoms with van der Waals surface area (Å²) < 4.78 is 2.57. The fourth-order valence-corrected chi connectivity index (χ4v) is 7.08. The van der Waals surface area contributed by atoms with Crippen LogP contribution in [0.2, 0.25) is 0 Å². The molecule has 0 saturated heterocycles. The van der Waals surface area contributed by atoms with E-state index < -0.39 is 0 Å². The number of hydrogen-bond acceptors (Lipinski definition) is 1. The van der Waals surface area contributed by atoms with Gasteiger partial charge in [-0.3, -0.25) is 0 Å². The molecule has 0 saturated carbocycles. The number of nitrogens with zero attached hydrogens (tertiary/aromatic N) is 2. The summed E-state index contributed by atoms with van der Waals surface area (Å²) in [5.74, 6) is 0. The van der Waals surface area contributed by atoms with Crippen molar-refractivity contribution < 1.29 is 4.58 Å². The second kappa shape index (κ2) is 8.22. The third-order valence-corrected chi connectivity index (χ3v) is 8.54. The zero-order chi connectivity index (χ0) is 24.2. The minimum absolute atomic E-state index is 0.0631. The molecule has 35 heavy (non-hydrogen) atoms. The lowest BCUT2D eigenvalue weighted by Crippen LogP contribution is -2.33. The van der Waals surface area contributed by atoms with Crippen LogP contribution in [0.4, 0.5) is 11.4 Å². The lowest BCUT2D eigenvalue weighted by atomic mass is 9.77. The van der Waals surface area contributed by atoms with Crippen molar-refractivity contribution >= 4 is 17.1 Å². The third kappa shape index (κ3) is 3.41. The van der Waals surface area contributed by atoms with Crippen LogP contribution in [-0.4, -0.2) is 23.4 Å². The van der Waals surface area contributed by atoms with Gasteiger partial charge in [-0.2, -0.15) is 4.58 Å². The van der Waals surface area contributed by atoms with Crippen LogP contribution in [0.25, 0.3) is 0 Å². The number of anilines is 1. The maximum Gasteiger partial charge on any atom is 0.209 e. The molecule has 0 unspecified atom stereocenters. The van der Waals surface area contributed by atoms with Crippen LogP contribution in [-0.2, 0) is 10.8 Å². The number of allylic oxidation sites excluding steroid dienone is 8. The zero-order valence-corrected chi connectivity index (χ0v) is 21.6. The smallest absolute Gasteiger partial charge is 0.209 e. The molecule has 0 N–H and O–H groups in total. The van der Waals surface area contributed by atoms with Crippen molar-refractivity contribution in [3.05, 3.63) is 107 Å². The van der Waals surface area contributed by atoms with Gasteiger partial charge in [0.25, 0.3) is 0 Å². The standard InChI is InChI=1S/C33H37N2/c1-32(2)26-18-8-10-20-28(26)34-22-12-16-24(30(32)34)14-6-5-7-15-25-17-13-23-35-29-21-11-9-19-27(29)33(3,4)31(25)35/h5-11,14-15,18-21H,12-13,16-17,22-23H2,1-4H3/q+1. The Morgan fingerprint density at radius 1 is 0.800 bits per heavy atom. The maximum absolute atomic E-state index is 2.57. The Morgan fingerprint density at radius 3 is 2.43 bits per heavy atom. The Hall–Kier alpha value is -3.13. The molecule has 2 aromatic carbocycles. The molecule has 0 bridgehead atoms. The lowest BCUT2D eigenvalue weighted by molar-refractivity contribution is -0.441. The Bertz CT molecular complexity index is 1340. The number of fused-ring (bicyclic) bond motifs is 5. The Kier molecular flexibility index (Phi) is 5.25. The summed E-state index contributed by atoms with van der Waals surface area (Å²) in [6.45, 7) is 11.8. The molecule has 4 aliphatic rings. The predicted molar refractivity (Wildman–Crippen MR) is 148 cm³/mol. The van der Waals surface area contributed by atoms with Gasteiger partial charge in [0.1, 0.15) is 6.54 Å². The molecule has 2 nitrogen and oxygen atoms in total. The van der Waals surface area contributed by atoms with E-state index in [0.29, 0.717) is 0 Å². The molecule has 4 aliphatic heterocycles. The van der Waals surface area contributed by atoms with E-state index in [-0.39, 0.29) is 10.8 Å². The number of rotatable bonds is 3. The lowest BCUT2D eigenvalue weighted by Gasteiger charge is -2.33. The first-order chi connectivity index (χ1) is 16.9. The second-order valence-corrected chi connectivity index (χ2v) is 11.5. The van der Waals surface area contributed by atoms with E-state index in [4.69, 9.17) is 0 Å². The topological polar surface area (TPSA) is 6.25 Å². The van der Waals surface area contributed by atoms with Gasteiger partial charge in [-0.1, -0.05) is 80.6 Å². The van der Waals surface area contributed by atoms with Gasteiger partial charge in [0.2, 0.25) is 5.69 Å². The normalized spacial score (nSPS) is 23.3. The largest absolute Gasteiger partial charge is 0.344 e. The summed E-state index contributed by atoms with van der Waals surface area (Å²) in [4.78, 5) is 2.57. The van der Waals surface area contributed by atoms with E-state index in [1.807, 2.05) is 0 Å². The molecule has 0 fully saturated rings. The van der Waals surface area contributed by atoms with Crippen molar-refractivity contribution in [1.82, 2.24) is 0 Å². The van der Waals surface area contributed by atoms with Crippen molar-refractivity contribution in [3.8, 4) is 0 Å². The highest BCUT2D eigenvalue weighted by molar-refractivity contribution is 6.07. The molecule has 0 aromatic heterocycles. The van der Waals surface area contributed by atoms with Crippen LogP contribution in [0.3, 0.4) is 0 Å². The van der Waals surface area contributed by atoms with Gasteiger partial charge in [-0.25, -0.2) is 0 Å². The third-order valence-electron chi connectivity index (χ3n) is 8.54. The highest BCUT2D eigenvalue weighted by atomic mass is 15.2. The Morgan fingerprint density at radius 2 is 1.57 bits per heavy atom. The van der Waals surface area contributed by atoms with Crippen molar-refractivity contribution in [3.63, 3.8) is 0 Å². The van der Waals surface area contributed by atoms with Crippen LogP contribution >= 0.6 is 0 Å². The molecule has 6 rings (SSSR count). The molecule has 0 radical (unpaired) electrons. The maximum atomic E-state index is 2.57. The molecular formula is C33H37N2+. The molecule has 0 atom stereocenters. The fraction of sp³-hybridized carbons (Fsp3) is 0.364. The monoisotopic (exact) mass is 461 g/mol. The summed E-state index contributed by atoms with van der Waals surface area (Å²) in [5, 5.41) is 0. The van der Waals surface area contributed by atoms with Crippen LogP contribution in [0, 0.1) is 0 Å². The Balaban J connectivity index is 1.27. The molecule has 4 heterocycles. The summed E-state index contributed by atoms with van der Waals surface area (Å²) in [6, 6.07) is 17.9. The van der Waals surface area contributed by atoms with Crippen LogP contribution in [0.5, 0.6) is 0 Å². The molecule has 178 valence electrons. The highest BCUT2D eigenvalue weighted by Gasteiger charge is 2.48. The summed E-state index contributed by atoms with van der Waals surface area (Å²) in [5.41, 5.74) is 11.8. The van der Waals surface area contributed by atoms with Crippen molar-refractivity contribution in [2.75, 3.05) is 18.0 Å². The van der Waals surface area contributed by atoms with Crippen LogP contribution in [0.15, 0.2) is 95.8 Å². The van der Waals surface area contributed by atoms with E-state index in [2.05, 4.69) is 116 Å². The van der Waals surface area contributed by atoms with E-state index in [1.54, 1.807) is 0 Å². The van der Waals surface area contributed by atoms with Crippen molar-refractivity contribution in [1.29, 1.82) is 0 Å². The first-order valence-corrected chi connectivity index (χ1v) is 13.3. The van der Waals surface area contributed by atoms with Gasteiger partial charge in [0, 0.05) is 47.0 Å². The molecule has 2 heteroatoms. The number of para-hydroxylation sites is 2. The van der Waals surface area contributed by atoms with Gasteiger partial charge in [-0.15, -0.1) is 0 Å². The molecule has 0 amide bonds. The number of hydrogen-bond donors (Lipinski definition) is 0. The van der Waals surface area contributed by atoms with Crippen molar-refractivity contribution in [2.24, 2.45) is 0 Å².